The summed E-state index contributed by atoms with van der Waals surface area (Å²) in [6.07, 6.45) is 2.66. The maximum Gasteiger partial charge on any atom is 0.0698 e. The Morgan fingerprint density at radius 2 is 2.23 bits per heavy atom. The summed E-state index contributed by atoms with van der Waals surface area (Å²) in [6, 6.07) is 0. The Hall–Kier alpha value is -0.120. The summed E-state index contributed by atoms with van der Waals surface area (Å²) in [5, 5.41) is 9.22. The normalized spacial score (nSPS) is 26.3. The number of nitrogens with zero attached hydrogens (tertiary/aromatic N) is 1. The zero-order valence-electron chi connectivity index (χ0n) is 8.92. The first-order chi connectivity index (χ1) is 6.10. The number of aliphatic hydroxyl groups excluding tert-OH is 1. The van der Waals surface area contributed by atoms with Crippen LogP contribution in [0.5, 0.6) is 0 Å². The van der Waals surface area contributed by atoms with E-state index in [0.717, 1.165) is 19.5 Å². The molecule has 3 heteroatoms. The van der Waals surface area contributed by atoms with Crippen molar-refractivity contribution in [1.29, 1.82) is 0 Å². The number of piperidine rings is 1. The van der Waals surface area contributed by atoms with Crippen molar-refractivity contribution in [2.45, 2.75) is 38.3 Å². The van der Waals surface area contributed by atoms with Crippen LogP contribution in [-0.4, -0.2) is 48.5 Å². The van der Waals surface area contributed by atoms with E-state index in [1.807, 2.05) is 0 Å². The minimum absolute atomic E-state index is 0.100. The van der Waals surface area contributed by atoms with Gasteiger partial charge in [-0.1, -0.05) is 0 Å². The first-order valence-corrected chi connectivity index (χ1v) is 4.99. The molecule has 78 valence electrons. The average molecular weight is 187 g/mol. The van der Waals surface area contributed by atoms with Crippen molar-refractivity contribution in [3.63, 3.8) is 0 Å². The van der Waals surface area contributed by atoms with Gasteiger partial charge in [0.1, 0.15) is 0 Å². The highest BCUT2D eigenvalue weighted by Crippen LogP contribution is 2.21. The minimum atomic E-state index is -0.100. The van der Waals surface area contributed by atoms with E-state index >= 15 is 0 Å². The van der Waals surface area contributed by atoms with Crippen molar-refractivity contribution < 1.29 is 9.84 Å². The number of ether oxygens (including phenoxy) is 1. The average Bonchev–Trinajstić information content (AvgIpc) is 2.18. The summed E-state index contributed by atoms with van der Waals surface area (Å²) < 4.78 is 5.34. The lowest BCUT2D eigenvalue weighted by molar-refractivity contribution is -0.0260. The van der Waals surface area contributed by atoms with Crippen LogP contribution >= 0.6 is 0 Å². The largest absolute Gasteiger partial charge is 0.394 e. The smallest absolute Gasteiger partial charge is 0.0698 e. The number of aliphatic hydroxyl groups is 1. The number of hydrogen-bond acceptors (Lipinski definition) is 3. The third-order valence-electron chi connectivity index (χ3n) is 2.95. The first-order valence-electron chi connectivity index (χ1n) is 4.99. The molecule has 0 aromatic heterocycles. The summed E-state index contributed by atoms with van der Waals surface area (Å²) in [4.78, 5) is 2.31. The van der Waals surface area contributed by atoms with Gasteiger partial charge in [0.15, 0.2) is 0 Å². The Morgan fingerprint density at radius 3 is 2.77 bits per heavy atom. The maximum atomic E-state index is 9.22. The van der Waals surface area contributed by atoms with Crippen molar-refractivity contribution in [1.82, 2.24) is 4.90 Å². The van der Waals surface area contributed by atoms with Crippen LogP contribution in [0.15, 0.2) is 0 Å². The molecule has 0 amide bonds. The number of hydrogen-bond donors (Lipinski definition) is 1. The van der Waals surface area contributed by atoms with Gasteiger partial charge in [-0.15, -0.1) is 0 Å². The molecule has 0 aromatic carbocycles. The van der Waals surface area contributed by atoms with Crippen molar-refractivity contribution in [2.24, 2.45) is 0 Å². The predicted molar refractivity (Wildman–Crippen MR) is 52.8 cm³/mol. The second-order valence-corrected chi connectivity index (χ2v) is 4.42. The van der Waals surface area contributed by atoms with E-state index in [4.69, 9.17) is 4.74 Å². The molecule has 1 rings (SSSR count). The van der Waals surface area contributed by atoms with Gasteiger partial charge in [0, 0.05) is 19.2 Å². The number of methoxy groups -OCH3 is 1. The summed E-state index contributed by atoms with van der Waals surface area (Å²) >= 11 is 0. The van der Waals surface area contributed by atoms with Crippen LogP contribution in [0.4, 0.5) is 0 Å². The Bertz CT molecular complexity index is 159. The lowest BCUT2D eigenvalue weighted by Gasteiger charge is -2.42. The molecular formula is C10H21NO2. The van der Waals surface area contributed by atoms with Gasteiger partial charge in [0.05, 0.1) is 12.7 Å². The molecule has 1 aliphatic heterocycles. The molecule has 13 heavy (non-hydrogen) atoms. The topological polar surface area (TPSA) is 32.7 Å². The van der Waals surface area contributed by atoms with Gasteiger partial charge in [0.25, 0.3) is 0 Å². The first kappa shape index (κ1) is 11.0. The van der Waals surface area contributed by atoms with E-state index in [9.17, 15) is 5.11 Å². The fourth-order valence-corrected chi connectivity index (χ4v) is 1.78. The lowest BCUT2D eigenvalue weighted by atomic mass is 9.98. The van der Waals surface area contributed by atoms with Gasteiger partial charge in [-0.25, -0.2) is 0 Å². The molecule has 1 atom stereocenters. The van der Waals surface area contributed by atoms with Crippen molar-refractivity contribution in [2.75, 3.05) is 26.8 Å². The second kappa shape index (κ2) is 4.40. The molecule has 3 nitrogen and oxygen atoms in total. The fraction of sp³-hybridized carbons (Fsp3) is 1.00. The standard InChI is InChI=1S/C10H21NO2/c1-10(2,8-12)11-6-4-5-9(7-11)13-3/h9,12H,4-8H2,1-3H3. The van der Waals surface area contributed by atoms with Crippen molar-refractivity contribution >= 4 is 0 Å². The zero-order valence-corrected chi connectivity index (χ0v) is 8.92. The van der Waals surface area contributed by atoms with Gasteiger partial charge in [-0.3, -0.25) is 4.90 Å². The van der Waals surface area contributed by atoms with Crippen LogP contribution in [0.1, 0.15) is 26.7 Å². The van der Waals surface area contributed by atoms with E-state index in [-0.39, 0.29) is 12.1 Å². The van der Waals surface area contributed by atoms with E-state index in [1.165, 1.54) is 6.42 Å². The molecular weight excluding hydrogens is 166 g/mol. The zero-order chi connectivity index (χ0) is 9.90. The Kier molecular flexibility index (Phi) is 3.71. The van der Waals surface area contributed by atoms with Gasteiger partial charge in [0.2, 0.25) is 0 Å². The van der Waals surface area contributed by atoms with Gasteiger partial charge >= 0.3 is 0 Å². The molecule has 0 aliphatic carbocycles. The monoisotopic (exact) mass is 187 g/mol. The summed E-state index contributed by atoms with van der Waals surface area (Å²) in [6.45, 7) is 6.39. The van der Waals surface area contributed by atoms with Gasteiger partial charge in [-0.05, 0) is 33.2 Å². The minimum Gasteiger partial charge on any atom is -0.394 e. The molecule has 1 saturated heterocycles. The highest BCUT2D eigenvalue weighted by atomic mass is 16.5. The van der Waals surface area contributed by atoms with E-state index in [0.29, 0.717) is 6.10 Å². The number of rotatable bonds is 3. The molecule has 0 radical (unpaired) electrons. The summed E-state index contributed by atoms with van der Waals surface area (Å²) in [7, 11) is 1.76. The molecule has 1 N–H and O–H groups in total. The fourth-order valence-electron chi connectivity index (χ4n) is 1.78. The molecule has 1 heterocycles. The van der Waals surface area contributed by atoms with E-state index in [2.05, 4.69) is 18.7 Å². The number of likely N-dealkylation sites (tertiary alicyclic amines) is 1. The predicted octanol–water partition coefficient (Wildman–Crippen LogP) is 0.868. The highest BCUT2D eigenvalue weighted by Gasteiger charge is 2.30. The van der Waals surface area contributed by atoms with Crippen LogP contribution in [0, 0.1) is 0 Å². The quantitative estimate of drug-likeness (QED) is 0.711. The molecule has 0 saturated carbocycles. The van der Waals surface area contributed by atoms with Crippen LogP contribution in [-0.2, 0) is 4.74 Å². The van der Waals surface area contributed by atoms with Crippen LogP contribution in [0.3, 0.4) is 0 Å². The third-order valence-corrected chi connectivity index (χ3v) is 2.95. The molecule has 0 spiro atoms. The van der Waals surface area contributed by atoms with Gasteiger partial charge in [-0.2, -0.15) is 0 Å². The molecule has 0 aromatic rings. The molecule has 1 unspecified atom stereocenters. The lowest BCUT2D eigenvalue weighted by Crippen LogP contribution is -2.52. The second-order valence-electron chi connectivity index (χ2n) is 4.42. The van der Waals surface area contributed by atoms with Crippen LogP contribution in [0.2, 0.25) is 0 Å². The van der Waals surface area contributed by atoms with E-state index in [1.54, 1.807) is 7.11 Å². The Balaban J connectivity index is 2.50. The van der Waals surface area contributed by atoms with Crippen LogP contribution in [0.25, 0.3) is 0 Å². The van der Waals surface area contributed by atoms with Crippen molar-refractivity contribution in [3.05, 3.63) is 0 Å². The van der Waals surface area contributed by atoms with Crippen molar-refractivity contribution in [3.8, 4) is 0 Å². The molecule has 1 fully saturated rings. The third kappa shape index (κ3) is 2.66. The SMILES string of the molecule is COC1CCCN(C(C)(C)CO)C1. The highest BCUT2D eigenvalue weighted by molar-refractivity contribution is 4.85. The van der Waals surface area contributed by atoms with Crippen LogP contribution < -0.4 is 0 Å². The maximum absolute atomic E-state index is 9.22. The Labute approximate surface area is 80.7 Å². The molecule has 1 aliphatic rings. The van der Waals surface area contributed by atoms with E-state index < -0.39 is 0 Å². The Morgan fingerprint density at radius 1 is 1.54 bits per heavy atom. The van der Waals surface area contributed by atoms with Gasteiger partial charge < -0.3 is 9.84 Å². The molecule has 0 bridgehead atoms. The summed E-state index contributed by atoms with van der Waals surface area (Å²) in [5.74, 6) is 0. The summed E-state index contributed by atoms with van der Waals surface area (Å²) in [5.41, 5.74) is -0.100.